The van der Waals surface area contributed by atoms with Crippen molar-refractivity contribution >= 4 is 5.91 Å². The highest BCUT2D eigenvalue weighted by Gasteiger charge is 2.13. The Balaban J connectivity index is 3.87. The number of nitrogens with two attached hydrogens (primary N) is 1. The summed E-state index contributed by atoms with van der Waals surface area (Å²) in [6.45, 7) is 4.64. The lowest BCUT2D eigenvalue weighted by Crippen LogP contribution is -2.40. The quantitative estimate of drug-likeness (QED) is 0.637. The minimum atomic E-state index is -0.0326. The van der Waals surface area contributed by atoms with Gasteiger partial charge < -0.3 is 15.8 Å². The molecule has 90 valence electrons. The summed E-state index contributed by atoms with van der Waals surface area (Å²) in [5.74, 6) is 0.0276. The summed E-state index contributed by atoms with van der Waals surface area (Å²) >= 11 is 0. The number of nitrogens with one attached hydrogen (secondary N) is 1. The highest BCUT2D eigenvalue weighted by Crippen LogP contribution is 1.99. The van der Waals surface area contributed by atoms with Crippen LogP contribution in [0.4, 0.5) is 0 Å². The van der Waals surface area contributed by atoms with Gasteiger partial charge >= 0.3 is 0 Å². The highest BCUT2D eigenvalue weighted by atomic mass is 16.5. The molecule has 0 fully saturated rings. The second-order valence-corrected chi connectivity index (χ2v) is 3.88. The summed E-state index contributed by atoms with van der Waals surface area (Å²) in [7, 11) is 1.65. The Kier molecular flexibility index (Phi) is 8.33. The van der Waals surface area contributed by atoms with Crippen molar-refractivity contribution in [1.29, 1.82) is 0 Å². The van der Waals surface area contributed by atoms with Crippen molar-refractivity contribution in [3.05, 3.63) is 0 Å². The van der Waals surface area contributed by atoms with E-state index in [0.717, 1.165) is 19.3 Å². The molecule has 0 saturated carbocycles. The van der Waals surface area contributed by atoms with E-state index in [0.29, 0.717) is 13.0 Å². The van der Waals surface area contributed by atoms with Crippen molar-refractivity contribution in [2.45, 2.75) is 51.6 Å². The third-order valence-corrected chi connectivity index (χ3v) is 2.34. The number of ether oxygens (including phenoxy) is 1. The van der Waals surface area contributed by atoms with Gasteiger partial charge in [-0.25, -0.2) is 0 Å². The van der Waals surface area contributed by atoms with Gasteiger partial charge in [-0.15, -0.1) is 0 Å². The number of carbonyl (C=O) groups is 1. The zero-order chi connectivity index (χ0) is 11.7. The van der Waals surface area contributed by atoms with Crippen molar-refractivity contribution in [3.63, 3.8) is 0 Å². The average Bonchev–Trinajstić information content (AvgIpc) is 2.18. The van der Waals surface area contributed by atoms with E-state index in [-0.39, 0.29) is 18.0 Å². The minimum Gasteiger partial charge on any atom is -0.383 e. The molecule has 0 aliphatic carbocycles. The molecule has 0 rings (SSSR count). The average molecular weight is 216 g/mol. The van der Waals surface area contributed by atoms with E-state index >= 15 is 0 Å². The van der Waals surface area contributed by atoms with Crippen LogP contribution in [-0.4, -0.2) is 31.7 Å². The fourth-order valence-corrected chi connectivity index (χ4v) is 1.42. The molecule has 2 unspecified atom stereocenters. The van der Waals surface area contributed by atoms with Gasteiger partial charge in [0.15, 0.2) is 0 Å². The van der Waals surface area contributed by atoms with Crippen LogP contribution in [0.5, 0.6) is 0 Å². The van der Waals surface area contributed by atoms with Crippen LogP contribution in [0.1, 0.15) is 39.5 Å². The van der Waals surface area contributed by atoms with Gasteiger partial charge in [-0.3, -0.25) is 4.79 Å². The van der Waals surface area contributed by atoms with Gasteiger partial charge in [0.2, 0.25) is 5.91 Å². The molecule has 0 aromatic rings. The van der Waals surface area contributed by atoms with Crippen molar-refractivity contribution < 1.29 is 9.53 Å². The van der Waals surface area contributed by atoms with E-state index in [9.17, 15) is 4.79 Å². The zero-order valence-electron chi connectivity index (χ0n) is 10.1. The number of hydrogen-bond acceptors (Lipinski definition) is 3. The van der Waals surface area contributed by atoms with Crippen LogP contribution in [0.15, 0.2) is 0 Å². The molecule has 2 atom stereocenters. The van der Waals surface area contributed by atoms with E-state index < -0.39 is 0 Å². The predicted molar refractivity (Wildman–Crippen MR) is 61.6 cm³/mol. The molecule has 4 heteroatoms. The summed E-state index contributed by atoms with van der Waals surface area (Å²) in [5, 5.41) is 2.94. The number of amides is 1. The monoisotopic (exact) mass is 216 g/mol. The van der Waals surface area contributed by atoms with Crippen molar-refractivity contribution in [2.24, 2.45) is 5.73 Å². The maximum Gasteiger partial charge on any atom is 0.221 e. The van der Waals surface area contributed by atoms with Gasteiger partial charge in [0.05, 0.1) is 12.6 Å². The smallest absolute Gasteiger partial charge is 0.221 e. The van der Waals surface area contributed by atoms with E-state index in [1.165, 1.54) is 0 Å². The number of rotatable bonds is 8. The lowest BCUT2D eigenvalue weighted by atomic mass is 10.1. The van der Waals surface area contributed by atoms with Crippen LogP contribution in [0.2, 0.25) is 0 Å². The van der Waals surface area contributed by atoms with E-state index in [1.54, 1.807) is 7.11 Å². The largest absolute Gasteiger partial charge is 0.383 e. The van der Waals surface area contributed by atoms with Crippen LogP contribution < -0.4 is 11.1 Å². The molecule has 1 amide bonds. The van der Waals surface area contributed by atoms with Crippen LogP contribution in [0.25, 0.3) is 0 Å². The number of methoxy groups -OCH3 is 1. The Morgan fingerprint density at radius 3 is 2.60 bits per heavy atom. The molecular formula is C11H24N2O2. The van der Waals surface area contributed by atoms with Crippen molar-refractivity contribution in [1.82, 2.24) is 5.32 Å². The van der Waals surface area contributed by atoms with E-state index in [1.807, 2.05) is 6.92 Å². The highest BCUT2D eigenvalue weighted by molar-refractivity contribution is 5.76. The molecule has 0 saturated heterocycles. The van der Waals surface area contributed by atoms with Gasteiger partial charge in [0.25, 0.3) is 0 Å². The summed E-state index contributed by atoms with van der Waals surface area (Å²) in [6, 6.07) is 0.0892. The molecule has 15 heavy (non-hydrogen) atoms. The Morgan fingerprint density at radius 1 is 1.47 bits per heavy atom. The topological polar surface area (TPSA) is 64.3 Å². The second-order valence-electron chi connectivity index (χ2n) is 3.88. The molecule has 0 aromatic carbocycles. The van der Waals surface area contributed by atoms with Gasteiger partial charge in [0, 0.05) is 19.6 Å². The molecule has 0 aromatic heterocycles. The number of carbonyl (C=O) groups excluding carboxylic acids is 1. The van der Waals surface area contributed by atoms with Crippen molar-refractivity contribution in [2.75, 3.05) is 13.7 Å². The van der Waals surface area contributed by atoms with Crippen LogP contribution in [-0.2, 0) is 9.53 Å². The normalized spacial score (nSPS) is 14.7. The summed E-state index contributed by atoms with van der Waals surface area (Å²) in [6.07, 6.45) is 3.21. The molecule has 0 spiro atoms. The summed E-state index contributed by atoms with van der Waals surface area (Å²) in [4.78, 5) is 11.5. The van der Waals surface area contributed by atoms with Gasteiger partial charge in [-0.2, -0.15) is 0 Å². The molecule has 0 heterocycles. The van der Waals surface area contributed by atoms with Crippen molar-refractivity contribution in [3.8, 4) is 0 Å². The Hall–Kier alpha value is -0.610. The summed E-state index contributed by atoms with van der Waals surface area (Å²) in [5.41, 5.74) is 5.71. The fourth-order valence-electron chi connectivity index (χ4n) is 1.42. The van der Waals surface area contributed by atoms with Gasteiger partial charge in [-0.1, -0.05) is 20.3 Å². The van der Waals surface area contributed by atoms with Crippen LogP contribution in [0.3, 0.4) is 0 Å². The Bertz CT molecular complexity index is 168. The first kappa shape index (κ1) is 14.4. The molecule has 0 aliphatic heterocycles. The maximum absolute atomic E-state index is 11.5. The third kappa shape index (κ3) is 7.33. The number of hydrogen-bond donors (Lipinski definition) is 2. The van der Waals surface area contributed by atoms with E-state index in [2.05, 4.69) is 12.2 Å². The minimum absolute atomic E-state index is 0.0276. The first-order valence-corrected chi connectivity index (χ1v) is 5.67. The molecular weight excluding hydrogens is 192 g/mol. The first-order valence-electron chi connectivity index (χ1n) is 5.67. The SMILES string of the molecule is CCCC(COC)NC(=O)CC(N)CC. The van der Waals surface area contributed by atoms with Crippen LogP contribution in [0, 0.1) is 0 Å². The first-order chi connectivity index (χ1) is 7.13. The predicted octanol–water partition coefficient (Wildman–Crippen LogP) is 1.05. The summed E-state index contributed by atoms with van der Waals surface area (Å²) < 4.78 is 5.04. The standard InChI is InChI=1S/C11H24N2O2/c1-4-6-10(8-15-3)13-11(14)7-9(12)5-2/h9-10H,4-8,12H2,1-3H3,(H,13,14). The molecule has 0 aliphatic rings. The molecule has 0 bridgehead atoms. The molecule has 4 nitrogen and oxygen atoms in total. The molecule has 0 radical (unpaired) electrons. The Morgan fingerprint density at radius 2 is 2.13 bits per heavy atom. The maximum atomic E-state index is 11.5. The Labute approximate surface area is 92.6 Å². The van der Waals surface area contributed by atoms with Gasteiger partial charge in [0.1, 0.15) is 0 Å². The van der Waals surface area contributed by atoms with Crippen LogP contribution >= 0.6 is 0 Å². The van der Waals surface area contributed by atoms with E-state index in [4.69, 9.17) is 10.5 Å². The molecule has 3 N–H and O–H groups in total. The fraction of sp³-hybridized carbons (Fsp3) is 0.909. The third-order valence-electron chi connectivity index (χ3n) is 2.34. The lowest BCUT2D eigenvalue weighted by molar-refractivity contribution is -0.122. The second kappa shape index (κ2) is 8.68. The lowest BCUT2D eigenvalue weighted by Gasteiger charge is -2.18. The zero-order valence-corrected chi connectivity index (χ0v) is 10.1. The van der Waals surface area contributed by atoms with Gasteiger partial charge in [-0.05, 0) is 12.8 Å².